The van der Waals surface area contributed by atoms with Gasteiger partial charge in [-0.05, 0) is 11.1 Å². The summed E-state index contributed by atoms with van der Waals surface area (Å²) in [7, 11) is 0. The molecular weight excluding hydrogens is 327 g/mol. The first-order valence-electron chi connectivity index (χ1n) is 6.07. The normalized spacial score (nSPS) is 11.4. The van der Waals surface area contributed by atoms with E-state index in [1.807, 2.05) is 6.07 Å². The van der Waals surface area contributed by atoms with Gasteiger partial charge >= 0.3 is 6.18 Å². The predicted octanol–water partition coefficient (Wildman–Crippen LogP) is 4.99. The van der Waals surface area contributed by atoms with Crippen LogP contribution in [0.1, 0.15) is 11.1 Å². The summed E-state index contributed by atoms with van der Waals surface area (Å²) in [4.78, 5) is 0. The fourth-order valence-electron chi connectivity index (χ4n) is 2.01. The average molecular weight is 333 g/mol. The molecule has 0 bridgehead atoms. The number of halogens is 7. The molecule has 0 aliphatic carbocycles. The fraction of sp³-hybridized carbons (Fsp3) is 0.133. The summed E-state index contributed by atoms with van der Waals surface area (Å²) in [6, 6.07) is 6.46. The molecule has 8 heteroatoms. The van der Waals surface area contributed by atoms with Crippen LogP contribution in [0.4, 0.5) is 30.7 Å². The molecule has 0 N–H and O–H groups in total. The van der Waals surface area contributed by atoms with E-state index in [2.05, 4.69) is 0 Å². The van der Waals surface area contributed by atoms with E-state index in [0.717, 1.165) is 12.1 Å². The third-order valence-corrected chi connectivity index (χ3v) is 3.07. The Morgan fingerprint density at radius 1 is 0.826 bits per heavy atom. The predicted molar refractivity (Wildman–Crippen MR) is 66.0 cm³/mol. The highest BCUT2D eigenvalue weighted by Crippen LogP contribution is 2.39. The van der Waals surface area contributed by atoms with Crippen LogP contribution in [0.25, 0.3) is 11.1 Å². The van der Waals surface area contributed by atoms with E-state index in [1.54, 1.807) is 0 Å². The Morgan fingerprint density at radius 2 is 1.30 bits per heavy atom. The number of nitriles is 1. The number of hydrogen-bond donors (Lipinski definition) is 0. The van der Waals surface area contributed by atoms with Gasteiger partial charge in [0.1, 0.15) is 5.56 Å². The van der Waals surface area contributed by atoms with E-state index in [4.69, 9.17) is 5.26 Å². The quantitative estimate of drug-likeness (QED) is 0.561. The minimum absolute atomic E-state index is 0.0129. The molecule has 2 rings (SSSR count). The van der Waals surface area contributed by atoms with Crippen molar-refractivity contribution < 1.29 is 30.7 Å². The zero-order valence-electron chi connectivity index (χ0n) is 11.1. The van der Waals surface area contributed by atoms with Crippen LogP contribution in [0.3, 0.4) is 0 Å². The van der Waals surface area contributed by atoms with Crippen LogP contribution in [-0.2, 0) is 12.6 Å². The van der Waals surface area contributed by atoms with Crippen molar-refractivity contribution in [2.24, 2.45) is 0 Å². The van der Waals surface area contributed by atoms with Gasteiger partial charge in [-0.25, -0.2) is 17.6 Å². The second kappa shape index (κ2) is 5.91. The molecule has 0 saturated carbocycles. The Bertz CT molecular complexity index is 756. The van der Waals surface area contributed by atoms with Crippen molar-refractivity contribution in [1.82, 2.24) is 0 Å². The topological polar surface area (TPSA) is 23.8 Å². The van der Waals surface area contributed by atoms with Crippen LogP contribution in [-0.4, -0.2) is 0 Å². The second-order valence-corrected chi connectivity index (χ2v) is 4.54. The van der Waals surface area contributed by atoms with E-state index in [-0.39, 0.29) is 12.0 Å². The Balaban J connectivity index is 2.68. The van der Waals surface area contributed by atoms with Gasteiger partial charge in [0.15, 0.2) is 23.3 Å². The largest absolute Gasteiger partial charge is 0.422 e. The lowest BCUT2D eigenvalue weighted by atomic mass is 9.99. The third kappa shape index (κ3) is 2.99. The first-order chi connectivity index (χ1) is 10.7. The van der Waals surface area contributed by atoms with Gasteiger partial charge in [-0.3, -0.25) is 0 Å². The maximum atomic E-state index is 13.8. The summed E-state index contributed by atoms with van der Waals surface area (Å²) in [6.45, 7) is 0. The molecule has 0 aromatic heterocycles. The van der Waals surface area contributed by atoms with Crippen molar-refractivity contribution in [1.29, 1.82) is 5.26 Å². The van der Waals surface area contributed by atoms with Crippen LogP contribution >= 0.6 is 0 Å². The van der Waals surface area contributed by atoms with Crippen LogP contribution in [0.5, 0.6) is 0 Å². The standard InChI is InChI=1S/C15H6F7N/c16-11-9(8-3-1-7(2-4-8)5-6-23)12(17)14(19)10(13(11)18)15(20,21)22/h1-4H,5H2. The van der Waals surface area contributed by atoms with Crippen molar-refractivity contribution in [2.45, 2.75) is 12.6 Å². The van der Waals surface area contributed by atoms with E-state index in [1.165, 1.54) is 12.1 Å². The summed E-state index contributed by atoms with van der Waals surface area (Å²) in [5, 5.41) is 8.50. The van der Waals surface area contributed by atoms with E-state index in [0.29, 0.717) is 5.56 Å². The fourth-order valence-corrected chi connectivity index (χ4v) is 2.01. The summed E-state index contributed by atoms with van der Waals surface area (Å²) in [6.07, 6.45) is -5.59. The molecule has 0 spiro atoms. The first kappa shape index (κ1) is 16.8. The van der Waals surface area contributed by atoms with Crippen LogP contribution in [0, 0.1) is 34.6 Å². The molecule has 0 unspecified atom stereocenters. The Kier molecular flexibility index (Phi) is 4.32. The number of hydrogen-bond acceptors (Lipinski definition) is 1. The molecule has 23 heavy (non-hydrogen) atoms. The van der Waals surface area contributed by atoms with E-state index < -0.39 is 40.6 Å². The molecule has 0 amide bonds. The molecule has 0 atom stereocenters. The number of alkyl halides is 3. The van der Waals surface area contributed by atoms with Gasteiger partial charge < -0.3 is 0 Å². The molecule has 0 aliphatic rings. The molecule has 1 nitrogen and oxygen atoms in total. The summed E-state index contributed by atoms with van der Waals surface area (Å²) < 4.78 is 92.2. The summed E-state index contributed by atoms with van der Waals surface area (Å²) in [5.74, 6) is -9.28. The summed E-state index contributed by atoms with van der Waals surface area (Å²) in [5.41, 5.74) is -3.74. The molecule has 0 heterocycles. The van der Waals surface area contributed by atoms with Gasteiger partial charge in [0.2, 0.25) is 0 Å². The smallest absolute Gasteiger partial charge is 0.203 e. The zero-order chi connectivity index (χ0) is 17.4. The Labute approximate surface area is 125 Å². The number of rotatable bonds is 2. The van der Waals surface area contributed by atoms with Crippen molar-refractivity contribution in [2.75, 3.05) is 0 Å². The zero-order valence-corrected chi connectivity index (χ0v) is 11.1. The lowest BCUT2D eigenvalue weighted by Gasteiger charge is -2.14. The van der Waals surface area contributed by atoms with Gasteiger partial charge in [0.25, 0.3) is 0 Å². The van der Waals surface area contributed by atoms with Gasteiger partial charge in [-0.15, -0.1) is 0 Å². The van der Waals surface area contributed by atoms with Crippen molar-refractivity contribution >= 4 is 0 Å². The highest BCUT2D eigenvalue weighted by atomic mass is 19.4. The van der Waals surface area contributed by atoms with E-state index in [9.17, 15) is 30.7 Å². The third-order valence-electron chi connectivity index (χ3n) is 3.07. The molecule has 0 saturated heterocycles. The molecule has 0 radical (unpaired) electrons. The van der Waals surface area contributed by atoms with E-state index >= 15 is 0 Å². The number of nitrogens with zero attached hydrogens (tertiary/aromatic N) is 1. The molecule has 0 aliphatic heterocycles. The molecule has 0 fully saturated rings. The summed E-state index contributed by atoms with van der Waals surface area (Å²) >= 11 is 0. The molecule has 120 valence electrons. The molecular formula is C15H6F7N. The molecule has 2 aromatic rings. The lowest BCUT2D eigenvalue weighted by molar-refractivity contribution is -0.143. The Hall–Kier alpha value is -2.56. The Morgan fingerprint density at radius 3 is 1.70 bits per heavy atom. The van der Waals surface area contributed by atoms with Gasteiger partial charge in [-0.2, -0.15) is 18.4 Å². The van der Waals surface area contributed by atoms with Crippen LogP contribution in [0.2, 0.25) is 0 Å². The van der Waals surface area contributed by atoms with Gasteiger partial charge in [0.05, 0.1) is 18.1 Å². The maximum absolute atomic E-state index is 13.8. The van der Waals surface area contributed by atoms with Crippen LogP contribution in [0.15, 0.2) is 24.3 Å². The van der Waals surface area contributed by atoms with Crippen molar-refractivity contribution in [3.05, 3.63) is 58.7 Å². The molecule has 2 aromatic carbocycles. The van der Waals surface area contributed by atoms with Gasteiger partial charge in [-0.1, -0.05) is 24.3 Å². The van der Waals surface area contributed by atoms with Gasteiger partial charge in [0, 0.05) is 0 Å². The first-order valence-corrected chi connectivity index (χ1v) is 6.07. The van der Waals surface area contributed by atoms with Crippen molar-refractivity contribution in [3.8, 4) is 17.2 Å². The number of benzene rings is 2. The minimum Gasteiger partial charge on any atom is -0.203 e. The second-order valence-electron chi connectivity index (χ2n) is 4.54. The SMILES string of the molecule is N#CCc1ccc(-c2c(F)c(F)c(C(F)(F)F)c(F)c2F)cc1. The highest BCUT2D eigenvalue weighted by molar-refractivity contribution is 5.66. The maximum Gasteiger partial charge on any atom is 0.422 e. The van der Waals surface area contributed by atoms with Crippen LogP contribution < -0.4 is 0 Å². The monoisotopic (exact) mass is 333 g/mol. The highest BCUT2D eigenvalue weighted by Gasteiger charge is 2.42. The minimum atomic E-state index is -5.58. The van der Waals surface area contributed by atoms with Crippen molar-refractivity contribution in [3.63, 3.8) is 0 Å². The average Bonchev–Trinajstić information content (AvgIpc) is 2.46. The lowest BCUT2D eigenvalue weighted by Crippen LogP contribution is -2.16.